The van der Waals surface area contributed by atoms with E-state index in [2.05, 4.69) is 24.0 Å². The third-order valence-corrected chi connectivity index (χ3v) is 3.03. The van der Waals surface area contributed by atoms with E-state index in [1.54, 1.807) is 6.20 Å². The third-order valence-electron chi connectivity index (χ3n) is 3.03. The van der Waals surface area contributed by atoms with Crippen LogP contribution in [-0.2, 0) is 13.1 Å². The molecule has 0 spiro atoms. The average molecular weight is 233 g/mol. The van der Waals surface area contributed by atoms with Gasteiger partial charge in [-0.05, 0) is 25.5 Å². The fourth-order valence-corrected chi connectivity index (χ4v) is 1.72. The molecular weight excluding hydrogens is 214 g/mol. The Morgan fingerprint density at radius 3 is 2.94 bits per heavy atom. The van der Waals surface area contributed by atoms with Gasteiger partial charge >= 0.3 is 0 Å². The first kappa shape index (κ1) is 11.9. The second kappa shape index (κ2) is 5.14. The summed E-state index contributed by atoms with van der Waals surface area (Å²) in [6.07, 6.45) is 4.87. The molecule has 2 heterocycles. The molecule has 2 N–H and O–H groups in total. The summed E-state index contributed by atoms with van der Waals surface area (Å²) >= 11 is 0. The van der Waals surface area contributed by atoms with Crippen LogP contribution in [0.5, 0.6) is 0 Å². The fraction of sp³-hybridized carbons (Fsp3) is 0.500. The number of rotatable bonds is 5. The molecule has 0 aliphatic carbocycles. The first-order valence-electron chi connectivity index (χ1n) is 5.99. The largest absolute Gasteiger partial charge is 0.325 e. The Labute approximate surface area is 101 Å². The van der Waals surface area contributed by atoms with E-state index in [9.17, 15) is 0 Å². The molecule has 1 unspecified atom stereocenters. The van der Waals surface area contributed by atoms with Gasteiger partial charge in [0, 0.05) is 25.0 Å². The molecule has 0 radical (unpaired) electrons. The van der Waals surface area contributed by atoms with E-state index in [-0.39, 0.29) is 0 Å². The molecule has 0 aromatic carbocycles. The second-order valence-electron chi connectivity index (χ2n) is 4.23. The SMILES string of the molecule is CCC(C)n1ccc(Cn2nccc2CN)n1. The highest BCUT2D eigenvalue weighted by Gasteiger charge is 2.07. The van der Waals surface area contributed by atoms with E-state index in [0.717, 1.165) is 17.8 Å². The molecule has 5 nitrogen and oxygen atoms in total. The molecular formula is C12H19N5. The van der Waals surface area contributed by atoms with Crippen LogP contribution in [0.25, 0.3) is 0 Å². The normalized spacial score (nSPS) is 12.9. The lowest BCUT2D eigenvalue weighted by Crippen LogP contribution is -2.11. The summed E-state index contributed by atoms with van der Waals surface area (Å²) in [6, 6.07) is 4.41. The molecule has 0 amide bonds. The van der Waals surface area contributed by atoms with Crippen molar-refractivity contribution in [2.75, 3.05) is 0 Å². The quantitative estimate of drug-likeness (QED) is 0.852. The highest BCUT2D eigenvalue weighted by Crippen LogP contribution is 2.10. The van der Waals surface area contributed by atoms with Crippen molar-refractivity contribution < 1.29 is 0 Å². The predicted octanol–water partition coefficient (Wildman–Crippen LogP) is 1.56. The van der Waals surface area contributed by atoms with Crippen molar-refractivity contribution in [2.24, 2.45) is 5.73 Å². The molecule has 0 fully saturated rings. The Balaban J connectivity index is 2.11. The Morgan fingerprint density at radius 2 is 2.24 bits per heavy atom. The van der Waals surface area contributed by atoms with Gasteiger partial charge in [-0.1, -0.05) is 6.92 Å². The maximum absolute atomic E-state index is 5.64. The maximum atomic E-state index is 5.64. The minimum Gasteiger partial charge on any atom is -0.325 e. The number of aromatic nitrogens is 4. The number of hydrogen-bond donors (Lipinski definition) is 1. The molecule has 5 heteroatoms. The molecule has 1 atom stereocenters. The Morgan fingerprint density at radius 1 is 1.41 bits per heavy atom. The molecule has 2 rings (SSSR count). The minimum absolute atomic E-state index is 0.440. The van der Waals surface area contributed by atoms with Gasteiger partial charge in [0.05, 0.1) is 17.9 Å². The summed E-state index contributed by atoms with van der Waals surface area (Å²) < 4.78 is 3.89. The van der Waals surface area contributed by atoms with Crippen LogP contribution in [0.4, 0.5) is 0 Å². The highest BCUT2D eigenvalue weighted by molar-refractivity contribution is 5.05. The van der Waals surface area contributed by atoms with Crippen molar-refractivity contribution in [3.05, 3.63) is 35.9 Å². The topological polar surface area (TPSA) is 61.7 Å². The lowest BCUT2D eigenvalue weighted by molar-refractivity contribution is 0.470. The highest BCUT2D eigenvalue weighted by atomic mass is 15.3. The molecule has 0 saturated carbocycles. The zero-order valence-corrected chi connectivity index (χ0v) is 10.4. The summed E-state index contributed by atoms with van der Waals surface area (Å²) in [6.45, 7) is 5.51. The van der Waals surface area contributed by atoms with Crippen LogP contribution in [-0.4, -0.2) is 19.6 Å². The third kappa shape index (κ3) is 2.55. The summed E-state index contributed by atoms with van der Waals surface area (Å²) in [5, 5.41) is 8.79. The second-order valence-corrected chi connectivity index (χ2v) is 4.23. The summed E-state index contributed by atoms with van der Waals surface area (Å²) in [4.78, 5) is 0. The molecule has 0 aliphatic heterocycles. The number of nitrogens with zero attached hydrogens (tertiary/aromatic N) is 4. The molecule has 2 aromatic heterocycles. The van der Waals surface area contributed by atoms with Gasteiger partial charge in [0.25, 0.3) is 0 Å². The average Bonchev–Trinajstić information content (AvgIpc) is 2.97. The van der Waals surface area contributed by atoms with E-state index in [4.69, 9.17) is 5.73 Å². The molecule has 17 heavy (non-hydrogen) atoms. The summed E-state index contributed by atoms with van der Waals surface area (Å²) in [5.74, 6) is 0. The van der Waals surface area contributed by atoms with Crippen molar-refractivity contribution in [1.82, 2.24) is 19.6 Å². The zero-order chi connectivity index (χ0) is 12.3. The zero-order valence-electron chi connectivity index (χ0n) is 10.4. The molecule has 0 bridgehead atoms. The maximum Gasteiger partial charge on any atom is 0.0853 e. The first-order chi connectivity index (χ1) is 8.24. The van der Waals surface area contributed by atoms with Gasteiger partial charge in [-0.15, -0.1) is 0 Å². The lowest BCUT2D eigenvalue weighted by Gasteiger charge is -2.08. The Bertz CT molecular complexity index is 471. The van der Waals surface area contributed by atoms with E-state index < -0.39 is 0 Å². The lowest BCUT2D eigenvalue weighted by atomic mass is 10.3. The van der Waals surface area contributed by atoms with Crippen LogP contribution in [0.3, 0.4) is 0 Å². The molecule has 0 saturated heterocycles. The number of hydrogen-bond acceptors (Lipinski definition) is 3. The number of nitrogens with two attached hydrogens (primary N) is 1. The Kier molecular flexibility index (Phi) is 3.58. The van der Waals surface area contributed by atoms with Crippen molar-refractivity contribution in [2.45, 2.75) is 39.4 Å². The minimum atomic E-state index is 0.440. The van der Waals surface area contributed by atoms with Crippen LogP contribution in [0, 0.1) is 0 Å². The van der Waals surface area contributed by atoms with E-state index >= 15 is 0 Å². The van der Waals surface area contributed by atoms with Gasteiger partial charge in [-0.25, -0.2) is 0 Å². The summed E-state index contributed by atoms with van der Waals surface area (Å²) in [5.41, 5.74) is 7.69. The van der Waals surface area contributed by atoms with Gasteiger partial charge in [0.1, 0.15) is 0 Å². The molecule has 0 aliphatic rings. The van der Waals surface area contributed by atoms with Crippen LogP contribution in [0.2, 0.25) is 0 Å². The fourth-order valence-electron chi connectivity index (χ4n) is 1.72. The predicted molar refractivity (Wildman–Crippen MR) is 66.4 cm³/mol. The monoisotopic (exact) mass is 233 g/mol. The van der Waals surface area contributed by atoms with Gasteiger partial charge in [-0.2, -0.15) is 10.2 Å². The van der Waals surface area contributed by atoms with Crippen molar-refractivity contribution >= 4 is 0 Å². The van der Waals surface area contributed by atoms with Gasteiger partial charge < -0.3 is 5.73 Å². The van der Waals surface area contributed by atoms with Crippen LogP contribution < -0.4 is 5.73 Å². The van der Waals surface area contributed by atoms with Crippen LogP contribution >= 0.6 is 0 Å². The van der Waals surface area contributed by atoms with Gasteiger partial charge in [0.15, 0.2) is 0 Å². The van der Waals surface area contributed by atoms with Crippen molar-refractivity contribution in [1.29, 1.82) is 0 Å². The Hall–Kier alpha value is -1.62. The van der Waals surface area contributed by atoms with Crippen LogP contribution in [0.1, 0.15) is 37.7 Å². The molecule has 2 aromatic rings. The van der Waals surface area contributed by atoms with Gasteiger partial charge in [-0.3, -0.25) is 9.36 Å². The standard InChI is InChI=1S/C12H19N5/c1-3-10(2)16-7-5-11(15-16)9-17-12(8-13)4-6-14-17/h4-7,10H,3,8-9,13H2,1-2H3. The van der Waals surface area contributed by atoms with Crippen LogP contribution in [0.15, 0.2) is 24.5 Å². The van der Waals surface area contributed by atoms with E-state index in [1.807, 2.05) is 27.7 Å². The van der Waals surface area contributed by atoms with Crippen molar-refractivity contribution in [3.8, 4) is 0 Å². The smallest absolute Gasteiger partial charge is 0.0853 e. The van der Waals surface area contributed by atoms with E-state index in [0.29, 0.717) is 19.1 Å². The van der Waals surface area contributed by atoms with Crippen molar-refractivity contribution in [3.63, 3.8) is 0 Å². The summed E-state index contributed by atoms with van der Waals surface area (Å²) in [7, 11) is 0. The van der Waals surface area contributed by atoms with E-state index in [1.165, 1.54) is 0 Å². The first-order valence-corrected chi connectivity index (χ1v) is 5.99. The molecule has 92 valence electrons. The van der Waals surface area contributed by atoms with Gasteiger partial charge in [0.2, 0.25) is 0 Å².